The molecule has 1 unspecified atom stereocenters. The van der Waals surface area contributed by atoms with Crippen LogP contribution in [0.3, 0.4) is 0 Å². The van der Waals surface area contributed by atoms with Gasteiger partial charge >= 0.3 is 5.97 Å². The Morgan fingerprint density at radius 3 is 2.50 bits per heavy atom. The highest BCUT2D eigenvalue weighted by molar-refractivity contribution is 7.99. The zero-order valence-corrected chi connectivity index (χ0v) is 12.8. The van der Waals surface area contributed by atoms with E-state index in [1.807, 2.05) is 11.8 Å². The van der Waals surface area contributed by atoms with Crippen molar-refractivity contribution in [2.24, 2.45) is 5.41 Å². The van der Waals surface area contributed by atoms with Crippen LogP contribution in [0.2, 0.25) is 0 Å². The zero-order chi connectivity index (χ0) is 14.4. The van der Waals surface area contributed by atoms with E-state index >= 15 is 0 Å². The molecular formula is C15H25NO3S. The third kappa shape index (κ3) is 4.69. The van der Waals surface area contributed by atoms with E-state index in [1.165, 1.54) is 25.0 Å². The van der Waals surface area contributed by atoms with Crippen LogP contribution in [0.25, 0.3) is 0 Å². The number of rotatable bonds is 6. The zero-order valence-electron chi connectivity index (χ0n) is 12.0. The van der Waals surface area contributed by atoms with E-state index in [0.717, 1.165) is 32.2 Å². The van der Waals surface area contributed by atoms with Crippen LogP contribution in [0.5, 0.6) is 0 Å². The predicted molar refractivity (Wildman–Crippen MR) is 80.9 cm³/mol. The molecule has 5 heteroatoms. The maximum Gasteiger partial charge on any atom is 0.303 e. The molecule has 0 aromatic heterocycles. The quantitative estimate of drug-likeness (QED) is 0.791. The van der Waals surface area contributed by atoms with Gasteiger partial charge in [-0.15, -0.1) is 0 Å². The Kier molecular flexibility index (Phi) is 5.75. The van der Waals surface area contributed by atoms with Crippen LogP contribution in [0, 0.1) is 5.41 Å². The molecule has 2 fully saturated rings. The van der Waals surface area contributed by atoms with Crippen molar-refractivity contribution < 1.29 is 14.7 Å². The molecule has 1 amide bonds. The lowest BCUT2D eigenvalue weighted by Crippen LogP contribution is -2.36. The Balaban J connectivity index is 1.77. The molecule has 0 radical (unpaired) electrons. The first-order valence-corrected chi connectivity index (χ1v) is 8.75. The number of thioether (sulfide) groups is 1. The summed E-state index contributed by atoms with van der Waals surface area (Å²) in [7, 11) is 0. The molecule has 1 saturated carbocycles. The van der Waals surface area contributed by atoms with Crippen LogP contribution in [0.4, 0.5) is 0 Å². The van der Waals surface area contributed by atoms with Crippen LogP contribution in [0.15, 0.2) is 0 Å². The van der Waals surface area contributed by atoms with Gasteiger partial charge in [-0.05, 0) is 36.9 Å². The second-order valence-electron chi connectivity index (χ2n) is 6.25. The van der Waals surface area contributed by atoms with Crippen molar-refractivity contribution in [3.05, 3.63) is 0 Å². The smallest absolute Gasteiger partial charge is 0.303 e. The first kappa shape index (κ1) is 15.7. The van der Waals surface area contributed by atoms with Crippen molar-refractivity contribution in [1.29, 1.82) is 0 Å². The van der Waals surface area contributed by atoms with Crippen molar-refractivity contribution in [2.75, 3.05) is 12.3 Å². The number of amides is 1. The van der Waals surface area contributed by atoms with Crippen LogP contribution < -0.4 is 5.32 Å². The van der Waals surface area contributed by atoms with Gasteiger partial charge in [-0.2, -0.15) is 11.8 Å². The molecule has 1 saturated heterocycles. The fourth-order valence-electron chi connectivity index (χ4n) is 3.46. The second-order valence-corrected chi connectivity index (χ2v) is 7.66. The second kappa shape index (κ2) is 7.34. The van der Waals surface area contributed by atoms with Crippen LogP contribution in [0.1, 0.15) is 57.8 Å². The molecule has 2 N–H and O–H groups in total. The van der Waals surface area contributed by atoms with E-state index in [1.54, 1.807) is 0 Å². The summed E-state index contributed by atoms with van der Waals surface area (Å²) in [5.74, 6) is 0.464. The van der Waals surface area contributed by atoms with Crippen LogP contribution in [-0.4, -0.2) is 34.5 Å². The largest absolute Gasteiger partial charge is 0.481 e. The number of hydrogen-bond donors (Lipinski definition) is 2. The van der Waals surface area contributed by atoms with Gasteiger partial charge in [0.2, 0.25) is 5.91 Å². The monoisotopic (exact) mass is 299 g/mol. The molecule has 2 aliphatic rings. The number of carbonyl (C=O) groups is 2. The molecular weight excluding hydrogens is 274 g/mol. The van der Waals surface area contributed by atoms with Crippen molar-refractivity contribution in [1.82, 2.24) is 5.32 Å². The maximum absolute atomic E-state index is 12.1. The highest BCUT2D eigenvalue weighted by atomic mass is 32.2. The maximum atomic E-state index is 12.1. The van der Waals surface area contributed by atoms with Gasteiger partial charge < -0.3 is 10.4 Å². The average molecular weight is 299 g/mol. The van der Waals surface area contributed by atoms with Gasteiger partial charge in [0.1, 0.15) is 0 Å². The van der Waals surface area contributed by atoms with Crippen molar-refractivity contribution in [3.63, 3.8) is 0 Å². The van der Waals surface area contributed by atoms with E-state index in [2.05, 4.69) is 5.32 Å². The molecule has 0 spiro atoms. The van der Waals surface area contributed by atoms with Gasteiger partial charge in [-0.1, -0.05) is 19.3 Å². The molecule has 2 rings (SSSR count). The van der Waals surface area contributed by atoms with Gasteiger partial charge in [0.05, 0.1) is 6.42 Å². The lowest BCUT2D eigenvalue weighted by atomic mass is 9.79. The van der Waals surface area contributed by atoms with Crippen LogP contribution >= 0.6 is 11.8 Å². The van der Waals surface area contributed by atoms with Crippen molar-refractivity contribution >= 4 is 23.6 Å². The summed E-state index contributed by atoms with van der Waals surface area (Å²) in [4.78, 5) is 23.1. The molecule has 0 aromatic carbocycles. The van der Waals surface area contributed by atoms with E-state index in [0.29, 0.717) is 11.7 Å². The molecule has 1 aliphatic carbocycles. The lowest BCUT2D eigenvalue weighted by molar-refractivity contribution is -0.140. The molecule has 0 aromatic rings. The molecule has 1 atom stereocenters. The fourth-order valence-corrected chi connectivity index (χ4v) is 4.70. The third-order valence-electron chi connectivity index (χ3n) is 4.53. The number of carboxylic acids is 1. The Morgan fingerprint density at radius 2 is 1.90 bits per heavy atom. The summed E-state index contributed by atoms with van der Waals surface area (Å²) < 4.78 is 0. The third-order valence-corrected chi connectivity index (χ3v) is 5.93. The number of carboxylic acid groups (broad SMARTS) is 1. The molecule has 1 aliphatic heterocycles. The predicted octanol–water partition coefficient (Wildman–Crippen LogP) is 2.81. The molecule has 114 valence electrons. The first-order chi connectivity index (χ1) is 9.60. The molecule has 20 heavy (non-hydrogen) atoms. The van der Waals surface area contributed by atoms with E-state index in [4.69, 9.17) is 5.11 Å². The van der Waals surface area contributed by atoms with Crippen molar-refractivity contribution in [2.45, 2.75) is 63.0 Å². The number of nitrogens with one attached hydrogen (secondary N) is 1. The van der Waals surface area contributed by atoms with Gasteiger partial charge in [0, 0.05) is 18.2 Å². The van der Waals surface area contributed by atoms with Crippen molar-refractivity contribution in [3.8, 4) is 0 Å². The summed E-state index contributed by atoms with van der Waals surface area (Å²) in [5.41, 5.74) is -0.282. The van der Waals surface area contributed by atoms with Crippen LogP contribution in [-0.2, 0) is 9.59 Å². The Labute approximate surface area is 125 Å². The molecule has 4 nitrogen and oxygen atoms in total. The molecule has 0 bridgehead atoms. The molecule has 1 heterocycles. The van der Waals surface area contributed by atoms with Gasteiger partial charge in [-0.3, -0.25) is 9.59 Å². The standard InChI is InChI=1S/C15H25NO3S/c17-13(16-11-12-5-1-4-8-20-12)9-15(10-14(18)19)6-2-3-7-15/h12H,1-11H2,(H,16,17)(H,18,19). The number of carbonyl (C=O) groups excluding carboxylic acids is 1. The van der Waals surface area contributed by atoms with E-state index in [-0.39, 0.29) is 17.7 Å². The Hall–Kier alpha value is -0.710. The minimum Gasteiger partial charge on any atom is -0.481 e. The van der Waals surface area contributed by atoms with E-state index in [9.17, 15) is 9.59 Å². The Bertz CT molecular complexity index is 347. The topological polar surface area (TPSA) is 66.4 Å². The minimum atomic E-state index is -0.775. The highest BCUT2D eigenvalue weighted by Crippen LogP contribution is 2.44. The highest BCUT2D eigenvalue weighted by Gasteiger charge is 2.37. The first-order valence-electron chi connectivity index (χ1n) is 7.70. The average Bonchev–Trinajstić information content (AvgIpc) is 2.85. The lowest BCUT2D eigenvalue weighted by Gasteiger charge is -2.27. The van der Waals surface area contributed by atoms with Gasteiger partial charge in [-0.25, -0.2) is 0 Å². The summed E-state index contributed by atoms with van der Waals surface area (Å²) in [5, 5.41) is 12.6. The summed E-state index contributed by atoms with van der Waals surface area (Å²) in [6.45, 7) is 0.743. The summed E-state index contributed by atoms with van der Waals surface area (Å²) >= 11 is 1.95. The summed E-state index contributed by atoms with van der Waals surface area (Å²) in [6, 6.07) is 0. The van der Waals surface area contributed by atoms with Gasteiger partial charge in [0.15, 0.2) is 0 Å². The minimum absolute atomic E-state index is 0.0410. The number of aliphatic carboxylic acids is 1. The van der Waals surface area contributed by atoms with Gasteiger partial charge in [0.25, 0.3) is 0 Å². The summed E-state index contributed by atoms with van der Waals surface area (Å²) in [6.07, 6.45) is 8.13. The Morgan fingerprint density at radius 1 is 1.15 bits per heavy atom. The normalized spacial score (nSPS) is 25.3. The fraction of sp³-hybridized carbons (Fsp3) is 0.867. The van der Waals surface area contributed by atoms with E-state index < -0.39 is 5.97 Å². The number of hydrogen-bond acceptors (Lipinski definition) is 3. The SMILES string of the molecule is O=C(O)CC1(CC(=O)NCC2CCCCS2)CCCC1.